The molecular weight excluding hydrogens is 382 g/mol. The van der Waals surface area contributed by atoms with Gasteiger partial charge in [-0.1, -0.05) is 26.0 Å². The van der Waals surface area contributed by atoms with Crippen molar-refractivity contribution in [3.8, 4) is 0 Å². The number of pyridine rings is 1. The van der Waals surface area contributed by atoms with Crippen LogP contribution in [0, 0.1) is 5.92 Å². The Balaban J connectivity index is 1.70. The average molecular weight is 409 g/mol. The number of likely N-dealkylation sites (tertiary alicyclic amines) is 1. The molecule has 7 heteroatoms. The lowest BCUT2D eigenvalue weighted by atomic mass is 9.89. The van der Waals surface area contributed by atoms with Crippen molar-refractivity contribution >= 4 is 23.3 Å². The van der Waals surface area contributed by atoms with E-state index in [4.69, 9.17) is 5.11 Å². The van der Waals surface area contributed by atoms with Crippen molar-refractivity contribution in [3.05, 3.63) is 41.9 Å². The Morgan fingerprint density at radius 2 is 2.11 bits per heavy atom. The van der Waals surface area contributed by atoms with Crippen LogP contribution >= 0.6 is 11.8 Å². The molecule has 1 atom stereocenters. The number of carboxylic acid groups (broad SMARTS) is 1. The molecule has 3 rings (SSSR count). The zero-order valence-corrected chi connectivity index (χ0v) is 17.0. The first-order valence-corrected chi connectivity index (χ1v) is 10.5. The summed E-state index contributed by atoms with van der Waals surface area (Å²) < 4.78 is 30.3. The van der Waals surface area contributed by atoms with E-state index in [1.165, 1.54) is 11.0 Å². The average Bonchev–Trinajstić information content (AvgIpc) is 2.64. The molecule has 1 N–H and O–H groups in total. The van der Waals surface area contributed by atoms with Gasteiger partial charge in [-0.15, -0.1) is 11.8 Å². The molecule has 2 heterocycles. The molecule has 0 bridgehead atoms. The van der Waals surface area contributed by atoms with Gasteiger partial charge in [-0.25, -0.2) is 13.8 Å². The summed E-state index contributed by atoms with van der Waals surface area (Å²) in [6, 6.07) is 5.60. The number of aliphatic carboxylic acids is 1. The maximum atomic E-state index is 15.5. The van der Waals surface area contributed by atoms with E-state index in [2.05, 4.69) is 18.8 Å². The molecule has 152 valence electrons. The number of alkyl halides is 1. The Morgan fingerprint density at radius 3 is 2.71 bits per heavy atom. The highest BCUT2D eigenvalue weighted by Crippen LogP contribution is 2.40. The molecule has 0 radical (unpaired) electrons. The van der Waals surface area contributed by atoms with Crippen LogP contribution in [-0.2, 0) is 4.79 Å². The van der Waals surface area contributed by atoms with Gasteiger partial charge in [0.25, 0.3) is 0 Å². The van der Waals surface area contributed by atoms with Gasteiger partial charge in [-0.3, -0.25) is 9.69 Å². The number of piperidine rings is 1. The van der Waals surface area contributed by atoms with Crippen LogP contribution in [0.1, 0.15) is 45.2 Å². The maximum Gasteiger partial charge on any atom is 0.303 e. The van der Waals surface area contributed by atoms with E-state index < -0.39 is 17.6 Å². The van der Waals surface area contributed by atoms with Crippen LogP contribution in [0.5, 0.6) is 0 Å². The van der Waals surface area contributed by atoms with Crippen molar-refractivity contribution < 1.29 is 18.7 Å². The zero-order valence-electron chi connectivity index (χ0n) is 16.2. The molecule has 1 saturated heterocycles. The molecule has 28 heavy (non-hydrogen) atoms. The molecule has 1 aromatic heterocycles. The summed E-state index contributed by atoms with van der Waals surface area (Å²) in [6.07, 6.45) is 4.11. The lowest BCUT2D eigenvalue weighted by molar-refractivity contribution is -0.138. The van der Waals surface area contributed by atoms with E-state index in [1.807, 2.05) is 18.2 Å². The summed E-state index contributed by atoms with van der Waals surface area (Å²) in [7, 11) is 0. The molecule has 4 nitrogen and oxygen atoms in total. The van der Waals surface area contributed by atoms with Gasteiger partial charge in [0, 0.05) is 31.2 Å². The van der Waals surface area contributed by atoms with Gasteiger partial charge in [0.1, 0.15) is 0 Å². The standard InChI is InChI=1S/C21H26F2N2O2S/c1-14(2)28-19-5-3-4-17(24-19)16-6-9-21(23,18(22)13-16)25-10-7-15(8-11-25)12-20(26)27/h3-6,13-15H,7-12H2,1-2H3,(H,26,27). The van der Waals surface area contributed by atoms with Gasteiger partial charge in [0.05, 0.1) is 10.7 Å². The molecule has 1 aromatic rings. The monoisotopic (exact) mass is 408 g/mol. The van der Waals surface area contributed by atoms with E-state index in [0.29, 0.717) is 42.4 Å². The summed E-state index contributed by atoms with van der Waals surface area (Å²) in [5, 5.41) is 10.2. The fraction of sp³-hybridized carbons (Fsp3) is 0.524. The van der Waals surface area contributed by atoms with E-state index in [9.17, 15) is 9.18 Å². The summed E-state index contributed by atoms with van der Waals surface area (Å²) in [4.78, 5) is 16.9. The van der Waals surface area contributed by atoms with Crippen molar-refractivity contribution in [2.24, 2.45) is 5.92 Å². The number of halogens is 2. The minimum atomic E-state index is -2.15. The molecule has 0 amide bonds. The summed E-state index contributed by atoms with van der Waals surface area (Å²) in [5.41, 5.74) is 1.24. The van der Waals surface area contributed by atoms with Crippen molar-refractivity contribution in [1.29, 1.82) is 0 Å². The number of aromatic nitrogens is 1. The lowest BCUT2D eigenvalue weighted by Gasteiger charge is -2.41. The smallest absolute Gasteiger partial charge is 0.303 e. The largest absolute Gasteiger partial charge is 0.481 e. The summed E-state index contributed by atoms with van der Waals surface area (Å²) >= 11 is 1.63. The van der Waals surface area contributed by atoms with Crippen molar-refractivity contribution in [1.82, 2.24) is 9.88 Å². The number of carbonyl (C=O) groups is 1. The third kappa shape index (κ3) is 4.81. The van der Waals surface area contributed by atoms with Gasteiger partial charge in [-0.2, -0.15) is 0 Å². The van der Waals surface area contributed by atoms with Crippen molar-refractivity contribution in [2.75, 3.05) is 13.1 Å². The maximum absolute atomic E-state index is 15.5. The topological polar surface area (TPSA) is 53.4 Å². The predicted molar refractivity (Wildman–Crippen MR) is 107 cm³/mol. The van der Waals surface area contributed by atoms with Gasteiger partial charge in [-0.05, 0) is 42.5 Å². The van der Waals surface area contributed by atoms with Crippen LogP contribution in [-0.4, -0.2) is 45.1 Å². The number of thioether (sulfide) groups is 1. The second kappa shape index (κ2) is 8.74. The fourth-order valence-electron chi connectivity index (χ4n) is 3.73. The van der Waals surface area contributed by atoms with Crippen molar-refractivity contribution in [3.63, 3.8) is 0 Å². The molecule has 2 aliphatic rings. The Morgan fingerprint density at radius 1 is 1.39 bits per heavy atom. The fourth-order valence-corrected chi connectivity index (χ4v) is 4.52. The summed E-state index contributed by atoms with van der Waals surface area (Å²) in [6.45, 7) is 4.88. The van der Waals surface area contributed by atoms with Gasteiger partial charge >= 0.3 is 5.97 Å². The Bertz CT molecular complexity index is 788. The van der Waals surface area contributed by atoms with Gasteiger partial charge in [0.2, 0.25) is 5.79 Å². The van der Waals surface area contributed by atoms with E-state index >= 15 is 4.39 Å². The quantitative estimate of drug-likeness (QED) is 0.526. The van der Waals surface area contributed by atoms with Crippen LogP contribution < -0.4 is 0 Å². The second-order valence-corrected chi connectivity index (χ2v) is 9.27. The molecule has 1 unspecified atom stereocenters. The van der Waals surface area contributed by atoms with Crippen LogP contribution in [0.25, 0.3) is 5.57 Å². The highest BCUT2D eigenvalue weighted by Gasteiger charge is 2.44. The van der Waals surface area contributed by atoms with Crippen LogP contribution in [0.3, 0.4) is 0 Å². The third-order valence-electron chi connectivity index (χ3n) is 5.20. The van der Waals surface area contributed by atoms with Crippen LogP contribution in [0.4, 0.5) is 8.78 Å². The van der Waals surface area contributed by atoms with Gasteiger partial charge < -0.3 is 5.11 Å². The number of hydrogen-bond donors (Lipinski definition) is 1. The van der Waals surface area contributed by atoms with E-state index in [1.54, 1.807) is 17.8 Å². The normalized spacial score (nSPS) is 24.2. The van der Waals surface area contributed by atoms with Crippen molar-refractivity contribution in [2.45, 2.75) is 55.6 Å². The number of nitrogens with zero attached hydrogens (tertiary/aromatic N) is 2. The van der Waals surface area contributed by atoms with Crippen LogP contribution in [0.2, 0.25) is 0 Å². The highest BCUT2D eigenvalue weighted by atomic mass is 32.2. The molecule has 0 spiro atoms. The summed E-state index contributed by atoms with van der Waals surface area (Å²) in [5.74, 6) is -3.76. The van der Waals surface area contributed by atoms with E-state index in [0.717, 1.165) is 5.03 Å². The first-order valence-electron chi connectivity index (χ1n) is 9.65. The van der Waals surface area contributed by atoms with Gasteiger partial charge in [0.15, 0.2) is 5.83 Å². The molecule has 0 aromatic carbocycles. The zero-order chi connectivity index (χ0) is 20.3. The first-order chi connectivity index (χ1) is 13.3. The third-order valence-corrected chi connectivity index (χ3v) is 6.14. The molecule has 1 aliphatic carbocycles. The number of allylic oxidation sites excluding steroid dienone is 2. The predicted octanol–water partition coefficient (Wildman–Crippen LogP) is 5.08. The Hall–Kier alpha value is -1.73. The number of rotatable bonds is 6. The number of carboxylic acids is 1. The van der Waals surface area contributed by atoms with Crippen LogP contribution in [0.15, 0.2) is 41.2 Å². The SMILES string of the molecule is CC(C)Sc1cccc(C2=CCC(F)(N3CCC(CC(=O)O)CC3)C(F)=C2)n1. The molecular formula is C21H26F2N2O2S. The molecule has 0 saturated carbocycles. The molecule has 1 fully saturated rings. The lowest BCUT2D eigenvalue weighted by Crippen LogP contribution is -2.50. The second-order valence-electron chi connectivity index (χ2n) is 7.67. The minimum absolute atomic E-state index is 0.0319. The minimum Gasteiger partial charge on any atom is -0.481 e. The molecule has 1 aliphatic heterocycles. The highest BCUT2D eigenvalue weighted by molar-refractivity contribution is 7.99. The van der Waals surface area contributed by atoms with E-state index in [-0.39, 0.29) is 18.8 Å². The number of hydrogen-bond acceptors (Lipinski definition) is 4. The Kier molecular flexibility index (Phi) is 6.55. The Labute approximate surface area is 168 Å². The first kappa shape index (κ1) is 21.0.